The second-order valence-electron chi connectivity index (χ2n) is 4.99. The van der Waals surface area contributed by atoms with Crippen LogP contribution in [0.2, 0.25) is 0 Å². The van der Waals surface area contributed by atoms with E-state index in [1.165, 1.54) is 6.92 Å². The molecule has 0 heterocycles. The summed E-state index contributed by atoms with van der Waals surface area (Å²) < 4.78 is 0. The minimum Gasteiger partial charge on any atom is -0.748 e. The van der Waals surface area contributed by atoms with E-state index in [1.807, 2.05) is 60.7 Å². The summed E-state index contributed by atoms with van der Waals surface area (Å²) >= 11 is 0. The largest absolute Gasteiger partial charge is 0.748 e. The molecule has 2 nitrogen and oxygen atoms in total. The third-order valence-electron chi connectivity index (χ3n) is 3.21. The van der Waals surface area contributed by atoms with Gasteiger partial charge < -0.3 is 35.1 Å². The van der Waals surface area contributed by atoms with Gasteiger partial charge in [-0.1, -0.05) is 30.3 Å². The smallest absolute Gasteiger partial charge is 0.156 e. The zero-order valence-electron chi connectivity index (χ0n) is 13.3. The van der Waals surface area contributed by atoms with E-state index in [9.17, 15) is 9.59 Å². The molecule has 3 aromatic rings. The van der Waals surface area contributed by atoms with Crippen molar-refractivity contribution in [2.75, 3.05) is 0 Å². The van der Waals surface area contributed by atoms with Crippen LogP contribution >= 0.6 is 0 Å². The fraction of sp³-hybridized carbons (Fsp3) is 0.0476. The van der Waals surface area contributed by atoms with E-state index >= 15 is 0 Å². The molecule has 0 saturated heterocycles. The van der Waals surface area contributed by atoms with Crippen LogP contribution in [0, 0.1) is 0 Å². The van der Waals surface area contributed by atoms with Gasteiger partial charge in [0.05, 0.1) is 0 Å². The predicted octanol–water partition coefficient (Wildman–Crippen LogP) is 4.66. The molecule has 0 aliphatic carbocycles. The molecular weight excluding hydrogens is 385 g/mol. The van der Waals surface area contributed by atoms with Crippen molar-refractivity contribution in [2.45, 2.75) is 6.92 Å². The van der Waals surface area contributed by atoms with Gasteiger partial charge in [0.25, 0.3) is 0 Å². The van der Waals surface area contributed by atoms with Crippen LogP contribution in [-0.4, -0.2) is 11.6 Å². The van der Waals surface area contributed by atoms with Crippen molar-refractivity contribution in [3.63, 3.8) is 0 Å². The number of hydrogen-bond acceptors (Lipinski definition) is 2. The van der Waals surface area contributed by atoms with Crippen molar-refractivity contribution in [1.29, 1.82) is 0 Å². The van der Waals surface area contributed by atoms with Crippen molar-refractivity contribution in [1.82, 2.24) is 0 Å². The van der Waals surface area contributed by atoms with Gasteiger partial charge in [-0.25, -0.2) is 0 Å². The Labute approximate surface area is 155 Å². The van der Waals surface area contributed by atoms with Crippen LogP contribution in [0.1, 0.15) is 22.8 Å². The van der Waals surface area contributed by atoms with Crippen molar-refractivity contribution < 1.29 is 29.1 Å². The monoisotopic (exact) mass is 404 g/mol. The molecule has 0 atom stereocenters. The number of Topliss-reactive ketones (excluding diaryl/α,β-unsaturated/α-hetero) is 2. The topological polar surface area (TPSA) is 34.1 Å². The van der Waals surface area contributed by atoms with Gasteiger partial charge in [0.1, 0.15) is 5.78 Å². The van der Waals surface area contributed by atoms with E-state index in [2.05, 4.69) is 0 Å². The quantitative estimate of drug-likeness (QED) is 0.159. The second kappa shape index (κ2) is 10.4. The summed E-state index contributed by atoms with van der Waals surface area (Å²) in [6, 6.07) is 26.3. The SMILES string of the molecule is CC(=O)C(=C[c-]1cccc1)C(=O)c1ccccc1.[Ru].[cH-]1[cH-][cH-][cH-][cH-]1. The summed E-state index contributed by atoms with van der Waals surface area (Å²) in [7, 11) is 0. The molecule has 0 aliphatic heterocycles. The Balaban J connectivity index is 0.000000412. The molecular formula is C21H18O2Ru-6. The van der Waals surface area contributed by atoms with Crippen LogP contribution in [0.4, 0.5) is 0 Å². The molecule has 0 spiro atoms. The molecule has 0 amide bonds. The van der Waals surface area contributed by atoms with Gasteiger partial charge in [0.2, 0.25) is 0 Å². The molecule has 128 valence electrons. The molecule has 24 heavy (non-hydrogen) atoms. The molecule has 0 unspecified atom stereocenters. The van der Waals surface area contributed by atoms with E-state index in [0.29, 0.717) is 5.56 Å². The number of ketones is 2. The van der Waals surface area contributed by atoms with Gasteiger partial charge in [0, 0.05) is 25.0 Å². The third kappa shape index (κ3) is 6.02. The Morgan fingerprint density at radius 1 is 0.875 bits per heavy atom. The number of hydrogen-bond donors (Lipinski definition) is 0. The first-order valence-electron chi connectivity index (χ1n) is 7.39. The number of benzene rings is 1. The maximum atomic E-state index is 12.2. The molecule has 0 N–H and O–H groups in total. The maximum Gasteiger partial charge on any atom is 0.156 e. The number of allylic oxidation sites excluding steroid dienone is 1. The Morgan fingerprint density at radius 2 is 1.38 bits per heavy atom. The zero-order valence-corrected chi connectivity index (χ0v) is 15.1. The van der Waals surface area contributed by atoms with E-state index < -0.39 is 0 Å². The van der Waals surface area contributed by atoms with Gasteiger partial charge >= 0.3 is 0 Å². The standard InChI is InChI=1S/C16H13O2.C5H5.Ru/c1-12(17)15(11-13-7-5-6-8-13)16(18)14-9-3-2-4-10-14;1-2-4-5-3-1;/h2-11H,1H3;1-5H;/q-1;-5;. The normalized spacial score (nSPS) is 10.1. The fourth-order valence-electron chi connectivity index (χ4n) is 2.04. The molecule has 3 heteroatoms. The number of carbonyl (C=O) groups is 2. The van der Waals surface area contributed by atoms with Gasteiger partial charge in [-0.15, -0.1) is 23.8 Å². The van der Waals surface area contributed by atoms with Gasteiger partial charge in [0.15, 0.2) is 5.78 Å². The molecule has 0 saturated carbocycles. The minimum atomic E-state index is -0.232. The van der Waals surface area contributed by atoms with Gasteiger partial charge in [-0.3, -0.25) is 4.79 Å². The summed E-state index contributed by atoms with van der Waals surface area (Å²) in [5.74, 6) is -0.450. The van der Waals surface area contributed by atoms with E-state index in [-0.39, 0.29) is 36.6 Å². The van der Waals surface area contributed by atoms with Crippen molar-refractivity contribution >= 4 is 17.6 Å². The molecule has 0 bridgehead atoms. The van der Waals surface area contributed by atoms with E-state index in [4.69, 9.17) is 0 Å². The Kier molecular flexibility index (Phi) is 8.53. The summed E-state index contributed by atoms with van der Waals surface area (Å²) in [5, 5.41) is 0. The third-order valence-corrected chi connectivity index (χ3v) is 3.21. The van der Waals surface area contributed by atoms with Crippen LogP contribution in [-0.2, 0) is 24.3 Å². The summed E-state index contributed by atoms with van der Waals surface area (Å²) in [5.41, 5.74) is 1.61. The summed E-state index contributed by atoms with van der Waals surface area (Å²) in [4.78, 5) is 23.8. The van der Waals surface area contributed by atoms with Crippen molar-refractivity contribution in [2.24, 2.45) is 0 Å². The Bertz CT molecular complexity index is 734. The van der Waals surface area contributed by atoms with Gasteiger partial charge in [-0.05, 0) is 12.5 Å². The summed E-state index contributed by atoms with van der Waals surface area (Å²) in [6.07, 6.45) is 1.64. The maximum absolute atomic E-state index is 12.2. The molecule has 0 aliphatic rings. The van der Waals surface area contributed by atoms with Crippen LogP contribution in [0.15, 0.2) is 90.5 Å². The van der Waals surface area contributed by atoms with E-state index in [1.54, 1.807) is 30.3 Å². The number of carbonyl (C=O) groups excluding carboxylic acids is 2. The van der Waals surface area contributed by atoms with Crippen LogP contribution < -0.4 is 0 Å². The minimum absolute atomic E-state index is 0. The molecule has 3 rings (SSSR count). The number of rotatable bonds is 4. The first-order valence-corrected chi connectivity index (χ1v) is 7.39. The molecule has 0 fully saturated rings. The Hall–Kier alpha value is -2.38. The van der Waals surface area contributed by atoms with Crippen LogP contribution in [0.3, 0.4) is 0 Å². The fourth-order valence-corrected chi connectivity index (χ4v) is 2.04. The van der Waals surface area contributed by atoms with Crippen molar-refractivity contribution in [3.8, 4) is 0 Å². The first kappa shape index (κ1) is 19.7. The summed E-state index contributed by atoms with van der Waals surface area (Å²) in [6.45, 7) is 1.41. The molecule has 3 aromatic carbocycles. The van der Waals surface area contributed by atoms with Crippen molar-refractivity contribution in [3.05, 3.63) is 102 Å². The molecule has 0 aromatic heterocycles. The average molecular weight is 403 g/mol. The predicted molar refractivity (Wildman–Crippen MR) is 93.5 cm³/mol. The van der Waals surface area contributed by atoms with Crippen LogP contribution in [0.25, 0.3) is 6.08 Å². The van der Waals surface area contributed by atoms with Gasteiger partial charge in [-0.2, -0.15) is 12.1 Å². The van der Waals surface area contributed by atoms with Crippen LogP contribution in [0.5, 0.6) is 0 Å². The Morgan fingerprint density at radius 3 is 1.83 bits per heavy atom. The second-order valence-corrected chi connectivity index (χ2v) is 4.99. The average Bonchev–Trinajstić information content (AvgIpc) is 3.28. The zero-order chi connectivity index (χ0) is 16.5. The molecule has 0 radical (unpaired) electrons. The van der Waals surface area contributed by atoms with E-state index in [0.717, 1.165) is 5.56 Å². The first-order chi connectivity index (χ1) is 11.2.